The number of aliphatic carboxylic acids is 1. The lowest BCUT2D eigenvalue weighted by molar-refractivity contribution is -0.427. The van der Waals surface area contributed by atoms with E-state index in [1.54, 1.807) is 11.3 Å². The molecule has 0 bridgehead atoms. The Balaban J connectivity index is 2.08. The third-order valence-corrected chi connectivity index (χ3v) is 3.87. The molecule has 0 amide bonds. The van der Waals surface area contributed by atoms with Crippen LogP contribution in [0.25, 0.3) is 10.1 Å². The summed E-state index contributed by atoms with van der Waals surface area (Å²) in [7, 11) is 0. The normalized spacial score (nSPS) is 12.8. The first-order valence-electron chi connectivity index (χ1n) is 5.67. The highest BCUT2D eigenvalue weighted by atomic mass is 32.1. The molecule has 3 N–H and O–H groups in total. The Morgan fingerprint density at radius 3 is 2.94 bits per heavy atom. The van der Waals surface area contributed by atoms with Crippen molar-refractivity contribution in [2.24, 2.45) is 0 Å². The van der Waals surface area contributed by atoms with Gasteiger partial charge in [0.2, 0.25) is 0 Å². The van der Waals surface area contributed by atoms with Crippen molar-refractivity contribution in [1.82, 2.24) is 0 Å². The highest BCUT2D eigenvalue weighted by Gasteiger charge is 2.14. The van der Waals surface area contributed by atoms with E-state index in [1.807, 2.05) is 12.1 Å². The van der Waals surface area contributed by atoms with Crippen LogP contribution in [-0.4, -0.2) is 5.97 Å². The Bertz CT molecular complexity index is 521. The van der Waals surface area contributed by atoms with Crippen LogP contribution < -0.4 is 10.8 Å². The Kier molecular flexibility index (Phi) is 3.76. The van der Waals surface area contributed by atoms with E-state index in [9.17, 15) is 9.90 Å². The number of carbonyl (C=O) groups is 1. The molecular weight excluding hydrogens is 234 g/mol. The number of fused-ring (bicyclic) bond motifs is 1. The van der Waals surface area contributed by atoms with E-state index < -0.39 is 5.97 Å². The molecule has 1 atom stereocenters. The van der Waals surface area contributed by atoms with Crippen molar-refractivity contribution in [2.45, 2.75) is 25.3 Å². The van der Waals surface area contributed by atoms with Crippen LogP contribution >= 0.6 is 11.3 Å². The summed E-state index contributed by atoms with van der Waals surface area (Å²) < 4.78 is 1.26. The smallest absolute Gasteiger partial charge is 0.111 e. The SMILES string of the molecule is [NH3+][C@@H](CCCC(=O)[O-])c1csc2ccccc12. The standard InChI is InChI=1S/C13H15NO2S/c14-11(5-3-7-13(15)16)10-8-17-12-6-2-1-4-9(10)12/h1-2,4,6,8,11H,3,5,7,14H2,(H,15,16)/t11-/m0/s1. The summed E-state index contributed by atoms with van der Waals surface area (Å²) in [4.78, 5) is 10.4. The summed E-state index contributed by atoms with van der Waals surface area (Å²) in [5.41, 5.74) is 5.35. The van der Waals surface area contributed by atoms with Gasteiger partial charge in [-0.3, -0.25) is 0 Å². The first-order chi connectivity index (χ1) is 8.18. The highest BCUT2D eigenvalue weighted by Crippen LogP contribution is 2.30. The maximum atomic E-state index is 10.4. The summed E-state index contributed by atoms with van der Waals surface area (Å²) in [6.07, 6.45) is 1.53. The molecular formula is C13H15NO2S. The van der Waals surface area contributed by atoms with Crippen LogP contribution in [0.15, 0.2) is 29.6 Å². The molecule has 0 spiro atoms. The van der Waals surface area contributed by atoms with Crippen LogP contribution in [0.2, 0.25) is 0 Å². The highest BCUT2D eigenvalue weighted by molar-refractivity contribution is 7.17. The molecule has 0 aliphatic rings. The fourth-order valence-electron chi connectivity index (χ4n) is 1.96. The molecule has 2 rings (SSSR count). The van der Waals surface area contributed by atoms with Crippen LogP contribution in [0.4, 0.5) is 0 Å². The van der Waals surface area contributed by atoms with E-state index in [0.717, 1.165) is 6.42 Å². The maximum absolute atomic E-state index is 10.4. The Morgan fingerprint density at radius 2 is 2.18 bits per heavy atom. The van der Waals surface area contributed by atoms with Crippen molar-refractivity contribution in [3.63, 3.8) is 0 Å². The Labute approximate surface area is 104 Å². The number of hydrogen-bond acceptors (Lipinski definition) is 3. The van der Waals surface area contributed by atoms with Crippen LogP contribution in [0.5, 0.6) is 0 Å². The second-order valence-electron chi connectivity index (χ2n) is 4.15. The van der Waals surface area contributed by atoms with Crippen molar-refractivity contribution >= 4 is 27.4 Å². The number of hydrogen-bond donors (Lipinski definition) is 1. The minimum atomic E-state index is -0.979. The second kappa shape index (κ2) is 5.29. The number of carboxylic acid groups (broad SMARTS) is 1. The zero-order valence-corrected chi connectivity index (χ0v) is 10.3. The third-order valence-electron chi connectivity index (χ3n) is 2.88. The summed E-state index contributed by atoms with van der Waals surface area (Å²) in [5.74, 6) is -0.979. The van der Waals surface area contributed by atoms with Gasteiger partial charge in [-0.25, -0.2) is 0 Å². The molecule has 2 aromatic rings. The minimum absolute atomic E-state index is 0.119. The molecule has 0 unspecified atom stereocenters. The number of carboxylic acids is 1. The number of carbonyl (C=O) groups excluding carboxylic acids is 1. The van der Waals surface area contributed by atoms with Gasteiger partial charge in [0.1, 0.15) is 6.04 Å². The first-order valence-corrected chi connectivity index (χ1v) is 6.55. The second-order valence-corrected chi connectivity index (χ2v) is 5.06. The predicted octanol–water partition coefficient (Wildman–Crippen LogP) is 1.10. The number of benzene rings is 1. The van der Waals surface area contributed by atoms with Crippen molar-refractivity contribution in [1.29, 1.82) is 0 Å². The van der Waals surface area contributed by atoms with Crippen molar-refractivity contribution in [2.75, 3.05) is 0 Å². The van der Waals surface area contributed by atoms with Gasteiger partial charge < -0.3 is 15.6 Å². The summed E-state index contributed by atoms with van der Waals surface area (Å²) in [6, 6.07) is 8.39. The maximum Gasteiger partial charge on any atom is 0.111 e. The van der Waals surface area contributed by atoms with Crippen LogP contribution in [0, 0.1) is 0 Å². The van der Waals surface area contributed by atoms with Gasteiger partial charge >= 0.3 is 0 Å². The van der Waals surface area contributed by atoms with Crippen molar-refractivity contribution in [3.05, 3.63) is 35.2 Å². The van der Waals surface area contributed by atoms with Gasteiger partial charge in [-0.1, -0.05) is 18.2 Å². The van der Waals surface area contributed by atoms with Gasteiger partial charge in [0.25, 0.3) is 0 Å². The molecule has 1 aromatic carbocycles. The Hall–Kier alpha value is -1.39. The van der Waals surface area contributed by atoms with Crippen LogP contribution in [0.1, 0.15) is 30.9 Å². The van der Waals surface area contributed by atoms with Gasteiger partial charge in [-0.2, -0.15) is 0 Å². The lowest BCUT2D eigenvalue weighted by Crippen LogP contribution is -2.53. The molecule has 0 radical (unpaired) electrons. The number of thiophene rings is 1. The van der Waals surface area contributed by atoms with Crippen LogP contribution in [0.3, 0.4) is 0 Å². The largest absolute Gasteiger partial charge is 0.550 e. The molecule has 0 saturated carbocycles. The predicted molar refractivity (Wildman–Crippen MR) is 66.3 cm³/mol. The van der Waals surface area contributed by atoms with E-state index in [2.05, 4.69) is 23.2 Å². The van der Waals surface area contributed by atoms with Gasteiger partial charge in [-0.05, 0) is 18.9 Å². The number of rotatable bonds is 5. The lowest BCUT2D eigenvalue weighted by Gasteiger charge is -2.08. The molecule has 0 saturated heterocycles. The zero-order chi connectivity index (χ0) is 12.3. The van der Waals surface area contributed by atoms with Gasteiger partial charge in [0.15, 0.2) is 0 Å². The summed E-state index contributed by atoms with van der Waals surface area (Å²) in [5, 5.41) is 13.7. The number of quaternary nitrogens is 1. The Morgan fingerprint density at radius 1 is 1.41 bits per heavy atom. The van der Waals surface area contributed by atoms with Gasteiger partial charge in [0.05, 0.1) is 0 Å². The first kappa shape index (κ1) is 12.1. The lowest BCUT2D eigenvalue weighted by atomic mass is 10.0. The summed E-state index contributed by atoms with van der Waals surface area (Å²) in [6.45, 7) is 0. The fourth-order valence-corrected chi connectivity index (χ4v) is 3.01. The van der Waals surface area contributed by atoms with E-state index in [-0.39, 0.29) is 12.5 Å². The molecule has 90 valence electrons. The van der Waals surface area contributed by atoms with E-state index >= 15 is 0 Å². The average molecular weight is 249 g/mol. The molecule has 1 heterocycles. The van der Waals surface area contributed by atoms with Gasteiger partial charge in [0, 0.05) is 33.4 Å². The summed E-state index contributed by atoms with van der Waals surface area (Å²) >= 11 is 1.71. The molecule has 0 fully saturated rings. The molecule has 1 aromatic heterocycles. The fraction of sp³-hybridized carbons (Fsp3) is 0.308. The van der Waals surface area contributed by atoms with Gasteiger partial charge in [-0.15, -0.1) is 11.3 Å². The third kappa shape index (κ3) is 2.84. The zero-order valence-electron chi connectivity index (χ0n) is 9.52. The van der Waals surface area contributed by atoms with E-state index in [4.69, 9.17) is 0 Å². The minimum Gasteiger partial charge on any atom is -0.550 e. The molecule has 17 heavy (non-hydrogen) atoms. The topological polar surface area (TPSA) is 67.8 Å². The molecule has 0 aliphatic heterocycles. The molecule has 0 aliphatic carbocycles. The van der Waals surface area contributed by atoms with Crippen molar-refractivity contribution in [3.8, 4) is 0 Å². The molecule has 3 nitrogen and oxygen atoms in total. The van der Waals surface area contributed by atoms with Crippen LogP contribution in [-0.2, 0) is 4.79 Å². The van der Waals surface area contributed by atoms with E-state index in [1.165, 1.54) is 15.6 Å². The average Bonchev–Trinajstić information content (AvgIpc) is 2.72. The quantitative estimate of drug-likeness (QED) is 0.862. The van der Waals surface area contributed by atoms with E-state index in [0.29, 0.717) is 6.42 Å². The molecule has 4 heteroatoms. The van der Waals surface area contributed by atoms with Crippen molar-refractivity contribution < 1.29 is 15.6 Å². The monoisotopic (exact) mass is 249 g/mol.